The lowest BCUT2D eigenvalue weighted by atomic mass is 9.75. The zero-order valence-electron chi connectivity index (χ0n) is 22.3. The molecule has 0 spiro atoms. The molecule has 5 rings (SSSR count). The van der Waals surface area contributed by atoms with Crippen LogP contribution >= 0.6 is 0 Å². The van der Waals surface area contributed by atoms with Crippen LogP contribution in [0.15, 0.2) is 83.7 Å². The Morgan fingerprint density at radius 1 is 0.881 bits per heavy atom. The van der Waals surface area contributed by atoms with Crippen LogP contribution in [0, 0.1) is 5.92 Å². The molecule has 6 nitrogen and oxygen atoms in total. The normalized spacial score (nSPS) is 18.5. The van der Waals surface area contributed by atoms with E-state index >= 15 is 0 Å². The van der Waals surface area contributed by atoms with Crippen molar-refractivity contribution in [2.24, 2.45) is 5.92 Å². The highest BCUT2D eigenvalue weighted by Gasteiger charge is 2.39. The van der Waals surface area contributed by atoms with E-state index in [-0.39, 0.29) is 23.5 Å². The number of benzene rings is 3. The molecule has 2 N–H and O–H groups in total. The summed E-state index contributed by atoms with van der Waals surface area (Å²) >= 11 is 0. The third-order valence-electron chi connectivity index (χ3n) is 7.46. The average molecular weight is 591 g/mol. The number of nitrogens with one attached hydrogen (secondary N) is 2. The van der Waals surface area contributed by atoms with Gasteiger partial charge in [0.1, 0.15) is 5.82 Å². The van der Waals surface area contributed by atoms with Crippen molar-refractivity contribution >= 4 is 0 Å². The predicted molar refractivity (Wildman–Crippen MR) is 142 cm³/mol. The molecular weight excluding hydrogens is 562 g/mol. The number of hydrogen-bond acceptors (Lipinski definition) is 4. The molecule has 222 valence electrons. The Morgan fingerprint density at radius 3 is 1.95 bits per heavy atom. The Labute approximate surface area is 237 Å². The summed E-state index contributed by atoms with van der Waals surface area (Å²) in [6, 6.07) is 20.9. The first-order valence-corrected chi connectivity index (χ1v) is 13.3. The van der Waals surface area contributed by atoms with Crippen molar-refractivity contribution < 1.29 is 31.1 Å². The van der Waals surface area contributed by atoms with Crippen molar-refractivity contribution in [1.29, 1.82) is 0 Å². The van der Waals surface area contributed by atoms with E-state index in [0.717, 1.165) is 11.1 Å². The first kappa shape index (κ1) is 29.6. The molecular formula is C30H28F6N4O2. The summed E-state index contributed by atoms with van der Waals surface area (Å²) in [5.41, 5.74) is -1.39. The van der Waals surface area contributed by atoms with Crippen LogP contribution in [0.5, 0.6) is 0 Å². The second-order valence-electron chi connectivity index (χ2n) is 10.4. The fourth-order valence-corrected chi connectivity index (χ4v) is 5.61. The van der Waals surface area contributed by atoms with Gasteiger partial charge >= 0.3 is 18.0 Å². The number of rotatable bonds is 8. The van der Waals surface area contributed by atoms with Gasteiger partial charge < -0.3 is 4.74 Å². The van der Waals surface area contributed by atoms with Crippen LogP contribution in [-0.2, 0) is 30.2 Å². The molecule has 12 heteroatoms. The summed E-state index contributed by atoms with van der Waals surface area (Å²) in [5.74, 6) is 0.0329. The fraction of sp³-hybridized carbons (Fsp3) is 0.333. The summed E-state index contributed by atoms with van der Waals surface area (Å²) in [5, 5.41) is 6.35. The fourth-order valence-electron chi connectivity index (χ4n) is 5.61. The summed E-state index contributed by atoms with van der Waals surface area (Å²) in [7, 11) is 0. The molecule has 3 aromatic carbocycles. The molecule has 1 saturated heterocycles. The number of aromatic nitrogens is 3. The van der Waals surface area contributed by atoms with E-state index in [2.05, 4.69) is 20.1 Å². The molecule has 0 bridgehead atoms. The second kappa shape index (κ2) is 12.1. The zero-order chi connectivity index (χ0) is 29.9. The Hall–Kier alpha value is -3.90. The van der Waals surface area contributed by atoms with E-state index in [1.165, 1.54) is 0 Å². The lowest BCUT2D eigenvalue weighted by Crippen LogP contribution is -2.46. The third kappa shape index (κ3) is 7.11. The Kier molecular flexibility index (Phi) is 8.55. The van der Waals surface area contributed by atoms with Crippen LogP contribution in [0.3, 0.4) is 0 Å². The molecule has 1 aliphatic heterocycles. The minimum atomic E-state index is -4.94. The van der Waals surface area contributed by atoms with Gasteiger partial charge in [0, 0.05) is 24.9 Å². The molecule has 0 amide bonds. The number of likely N-dealkylation sites (tertiary alicyclic amines) is 1. The highest BCUT2D eigenvalue weighted by Crippen LogP contribution is 2.40. The van der Waals surface area contributed by atoms with E-state index in [0.29, 0.717) is 44.0 Å². The largest absolute Gasteiger partial charge is 0.416 e. The maximum Gasteiger partial charge on any atom is 0.416 e. The summed E-state index contributed by atoms with van der Waals surface area (Å²) in [6.45, 7) is 0.922. The van der Waals surface area contributed by atoms with Gasteiger partial charge in [-0.05, 0) is 41.3 Å². The van der Waals surface area contributed by atoms with Crippen LogP contribution in [0.4, 0.5) is 26.3 Å². The lowest BCUT2D eigenvalue weighted by molar-refractivity contribution is -0.143. The van der Waals surface area contributed by atoms with E-state index in [1.807, 2.05) is 60.7 Å². The van der Waals surface area contributed by atoms with Gasteiger partial charge in [0.05, 0.1) is 30.4 Å². The molecule has 0 saturated carbocycles. The van der Waals surface area contributed by atoms with Gasteiger partial charge in [0.25, 0.3) is 0 Å². The van der Waals surface area contributed by atoms with Gasteiger partial charge in [-0.15, -0.1) is 0 Å². The first-order chi connectivity index (χ1) is 20.0. The number of halogens is 6. The van der Waals surface area contributed by atoms with Crippen molar-refractivity contribution in [3.8, 4) is 0 Å². The highest BCUT2D eigenvalue weighted by atomic mass is 19.4. The van der Waals surface area contributed by atoms with Crippen molar-refractivity contribution in [3.05, 3.63) is 123 Å². The summed E-state index contributed by atoms with van der Waals surface area (Å²) in [4.78, 5) is 16.3. The van der Waals surface area contributed by atoms with Gasteiger partial charge in [0.15, 0.2) is 0 Å². The summed E-state index contributed by atoms with van der Waals surface area (Å²) in [6.07, 6.45) is -9.92. The van der Waals surface area contributed by atoms with Crippen LogP contribution in [0.1, 0.15) is 46.0 Å². The monoisotopic (exact) mass is 590 g/mol. The quantitative estimate of drug-likeness (QED) is 0.234. The standard InChI is InChI=1S/C30H28F6N4O2/c31-29(32,33)22-13-19(14-23(15-22)30(34,35)36)18-42-25-11-12-40(17-26-37-28(41)39-38-26)16-24(25)27(20-7-3-1-4-8-20)21-9-5-2-6-10-21/h1-10,13-15,24-25,27H,11-12,16-18H2,(H2,37,38,39,41)/t24-,25+/m1/s1. The number of H-pyrrole nitrogens is 2. The first-order valence-electron chi connectivity index (χ1n) is 13.3. The molecule has 2 atom stereocenters. The number of alkyl halides is 6. The number of nitrogens with zero attached hydrogens (tertiary/aromatic N) is 2. The maximum absolute atomic E-state index is 13.5. The molecule has 42 heavy (non-hydrogen) atoms. The van der Waals surface area contributed by atoms with Gasteiger partial charge in [0.2, 0.25) is 0 Å². The zero-order valence-corrected chi connectivity index (χ0v) is 22.3. The molecule has 1 fully saturated rings. The van der Waals surface area contributed by atoms with Crippen molar-refractivity contribution in [3.63, 3.8) is 0 Å². The molecule has 1 aromatic heterocycles. The molecule has 0 unspecified atom stereocenters. The second-order valence-corrected chi connectivity index (χ2v) is 10.4. The highest BCUT2D eigenvalue weighted by molar-refractivity contribution is 5.35. The van der Waals surface area contributed by atoms with Gasteiger partial charge in [-0.3, -0.25) is 9.88 Å². The van der Waals surface area contributed by atoms with E-state index < -0.39 is 41.9 Å². The van der Waals surface area contributed by atoms with Crippen molar-refractivity contribution in [2.45, 2.75) is 43.9 Å². The SMILES string of the molecule is O=c1[nH]nc(CN2CC[C@H](OCc3cc(C(F)(F)F)cc(C(F)(F)F)c3)[C@H](C(c3ccccc3)c3ccccc3)C2)[nH]1. The minimum absolute atomic E-state index is 0.116. The van der Waals surface area contributed by atoms with E-state index in [1.54, 1.807) is 0 Å². The van der Waals surface area contributed by atoms with E-state index in [4.69, 9.17) is 4.74 Å². The number of ether oxygens (including phenoxy) is 1. The van der Waals surface area contributed by atoms with Gasteiger partial charge in [-0.1, -0.05) is 60.7 Å². The van der Waals surface area contributed by atoms with E-state index in [9.17, 15) is 31.1 Å². The van der Waals surface area contributed by atoms with Crippen LogP contribution in [0.2, 0.25) is 0 Å². The number of hydrogen-bond donors (Lipinski definition) is 2. The predicted octanol–water partition coefficient (Wildman–Crippen LogP) is 6.38. The molecule has 0 aliphatic carbocycles. The van der Waals surface area contributed by atoms with Crippen molar-refractivity contribution in [1.82, 2.24) is 20.1 Å². The van der Waals surface area contributed by atoms with Gasteiger partial charge in [-0.2, -0.15) is 31.4 Å². The topological polar surface area (TPSA) is 74.0 Å². The molecule has 2 heterocycles. The van der Waals surface area contributed by atoms with Gasteiger partial charge in [-0.25, -0.2) is 9.89 Å². The number of aromatic amines is 2. The Bertz CT molecular complexity index is 1450. The third-order valence-corrected chi connectivity index (χ3v) is 7.46. The summed E-state index contributed by atoms with van der Waals surface area (Å²) < 4.78 is 86.9. The van der Waals surface area contributed by atoms with Crippen LogP contribution in [-0.4, -0.2) is 39.3 Å². The number of piperidine rings is 1. The Morgan fingerprint density at radius 2 is 1.45 bits per heavy atom. The smallest absolute Gasteiger partial charge is 0.373 e. The van der Waals surface area contributed by atoms with Crippen molar-refractivity contribution in [2.75, 3.05) is 13.1 Å². The van der Waals surface area contributed by atoms with Crippen LogP contribution in [0.25, 0.3) is 0 Å². The average Bonchev–Trinajstić information content (AvgIpc) is 3.37. The molecule has 4 aromatic rings. The molecule has 0 radical (unpaired) electrons. The van der Waals surface area contributed by atoms with Crippen LogP contribution < -0.4 is 5.69 Å². The minimum Gasteiger partial charge on any atom is -0.373 e. The maximum atomic E-state index is 13.5. The molecule has 1 aliphatic rings. The lowest BCUT2D eigenvalue weighted by Gasteiger charge is -2.42. The Balaban J connectivity index is 1.47.